The molecule has 0 unspecified atom stereocenters. The fourth-order valence-corrected chi connectivity index (χ4v) is 4.57. The number of fused-ring (bicyclic) bond motifs is 1. The normalized spacial score (nSPS) is 12.0. The molecule has 2 rings (SSSR count). The van der Waals surface area contributed by atoms with Gasteiger partial charge in [0.2, 0.25) is 0 Å². The van der Waals surface area contributed by atoms with Crippen LogP contribution in [0, 0.1) is 0 Å². The molecule has 1 heterocycles. The SMILES string of the molecule is CO[Si](CCCCCc1cccc2ncccc12)(OC)OC. The highest BCUT2D eigenvalue weighted by atomic mass is 28.4. The van der Waals surface area contributed by atoms with Crippen molar-refractivity contribution < 1.29 is 13.3 Å². The number of aromatic nitrogens is 1. The third-order valence-electron chi connectivity index (χ3n) is 4.10. The standard InChI is InChI=1S/C17H25NO3Si/c1-19-22(20-2,21-3)14-6-4-5-9-15-10-7-12-17-16(15)11-8-13-18-17/h7-8,10-13H,4-6,9,14H2,1-3H3. The Morgan fingerprint density at radius 2 is 1.68 bits per heavy atom. The van der Waals surface area contributed by atoms with Crippen LogP contribution in [0.3, 0.4) is 0 Å². The molecule has 0 N–H and O–H groups in total. The highest BCUT2D eigenvalue weighted by Crippen LogP contribution is 2.21. The average molecular weight is 319 g/mol. The lowest BCUT2D eigenvalue weighted by atomic mass is 10.0. The Bertz CT molecular complexity index is 573. The molecule has 4 nitrogen and oxygen atoms in total. The lowest BCUT2D eigenvalue weighted by Crippen LogP contribution is -2.42. The molecule has 0 spiro atoms. The highest BCUT2D eigenvalue weighted by molar-refractivity contribution is 6.60. The summed E-state index contributed by atoms with van der Waals surface area (Å²) < 4.78 is 16.3. The predicted octanol–water partition coefficient (Wildman–Crippen LogP) is 3.83. The molecule has 0 bridgehead atoms. The number of benzene rings is 1. The fraction of sp³-hybridized carbons (Fsp3) is 0.471. The summed E-state index contributed by atoms with van der Waals surface area (Å²) >= 11 is 0. The van der Waals surface area contributed by atoms with E-state index in [0.717, 1.165) is 37.2 Å². The van der Waals surface area contributed by atoms with Gasteiger partial charge in [0.1, 0.15) is 0 Å². The van der Waals surface area contributed by atoms with Gasteiger partial charge in [-0.3, -0.25) is 4.98 Å². The summed E-state index contributed by atoms with van der Waals surface area (Å²) in [6.45, 7) is 0. The molecule has 0 amide bonds. The molecule has 0 aliphatic heterocycles. The summed E-state index contributed by atoms with van der Waals surface area (Å²) in [5.41, 5.74) is 2.45. The Hall–Kier alpha value is -1.27. The average Bonchev–Trinajstić information content (AvgIpc) is 2.59. The van der Waals surface area contributed by atoms with Crippen molar-refractivity contribution in [2.24, 2.45) is 0 Å². The summed E-state index contributed by atoms with van der Waals surface area (Å²) in [4.78, 5) is 4.41. The molecule has 0 saturated heterocycles. The predicted molar refractivity (Wildman–Crippen MR) is 90.9 cm³/mol. The zero-order valence-corrected chi connectivity index (χ0v) is 14.7. The number of nitrogens with zero attached hydrogens (tertiary/aromatic N) is 1. The van der Waals surface area contributed by atoms with Crippen molar-refractivity contribution >= 4 is 19.7 Å². The number of rotatable bonds is 9. The number of unbranched alkanes of at least 4 members (excludes halogenated alkanes) is 2. The Morgan fingerprint density at radius 3 is 2.41 bits per heavy atom. The van der Waals surface area contributed by atoms with Crippen molar-refractivity contribution in [2.75, 3.05) is 21.3 Å². The van der Waals surface area contributed by atoms with Crippen LogP contribution in [0.1, 0.15) is 24.8 Å². The van der Waals surface area contributed by atoms with Crippen molar-refractivity contribution in [1.29, 1.82) is 0 Å². The van der Waals surface area contributed by atoms with Crippen LogP contribution in [0.5, 0.6) is 0 Å². The fourth-order valence-electron chi connectivity index (χ4n) is 2.77. The molecule has 120 valence electrons. The lowest BCUT2D eigenvalue weighted by Gasteiger charge is -2.24. The first kappa shape index (κ1) is 17.1. The van der Waals surface area contributed by atoms with Crippen molar-refractivity contribution in [1.82, 2.24) is 4.98 Å². The van der Waals surface area contributed by atoms with Crippen LogP contribution in [0.15, 0.2) is 36.5 Å². The van der Waals surface area contributed by atoms with Crippen LogP contribution in [-0.2, 0) is 19.7 Å². The van der Waals surface area contributed by atoms with Gasteiger partial charge in [0.25, 0.3) is 0 Å². The van der Waals surface area contributed by atoms with Crippen molar-refractivity contribution in [3.63, 3.8) is 0 Å². The lowest BCUT2D eigenvalue weighted by molar-refractivity contribution is 0.122. The number of hydrogen-bond donors (Lipinski definition) is 0. The minimum atomic E-state index is -2.40. The first-order valence-electron chi connectivity index (χ1n) is 7.73. The maximum atomic E-state index is 5.44. The van der Waals surface area contributed by atoms with E-state index in [1.165, 1.54) is 10.9 Å². The van der Waals surface area contributed by atoms with E-state index in [4.69, 9.17) is 13.3 Å². The molecule has 5 heteroatoms. The smallest absolute Gasteiger partial charge is 0.377 e. The summed E-state index contributed by atoms with van der Waals surface area (Å²) in [7, 11) is 2.61. The molecule has 0 fully saturated rings. The summed E-state index contributed by atoms with van der Waals surface area (Å²) in [5.74, 6) is 0. The molecule has 0 saturated carbocycles. The minimum absolute atomic E-state index is 0.869. The van der Waals surface area contributed by atoms with E-state index in [2.05, 4.69) is 29.2 Å². The largest absolute Gasteiger partial charge is 0.500 e. The summed E-state index contributed by atoms with van der Waals surface area (Å²) in [6, 6.07) is 11.4. The Morgan fingerprint density at radius 1 is 0.909 bits per heavy atom. The second-order valence-electron chi connectivity index (χ2n) is 5.34. The Labute approximate surface area is 133 Å². The zero-order valence-electron chi connectivity index (χ0n) is 13.7. The number of aryl methyl sites for hydroxylation is 1. The van der Waals surface area contributed by atoms with E-state index in [1.54, 1.807) is 21.3 Å². The van der Waals surface area contributed by atoms with Gasteiger partial charge < -0.3 is 13.3 Å². The van der Waals surface area contributed by atoms with Gasteiger partial charge in [0, 0.05) is 39.0 Å². The number of hydrogen-bond acceptors (Lipinski definition) is 4. The van der Waals surface area contributed by atoms with Crippen LogP contribution >= 0.6 is 0 Å². The molecule has 22 heavy (non-hydrogen) atoms. The second kappa shape index (κ2) is 8.38. The molecule has 0 aliphatic carbocycles. The van der Waals surface area contributed by atoms with Gasteiger partial charge in [0.05, 0.1) is 5.52 Å². The van der Waals surface area contributed by atoms with E-state index in [0.29, 0.717) is 0 Å². The van der Waals surface area contributed by atoms with Crippen LogP contribution < -0.4 is 0 Å². The van der Waals surface area contributed by atoms with E-state index >= 15 is 0 Å². The van der Waals surface area contributed by atoms with Gasteiger partial charge in [0.15, 0.2) is 0 Å². The van der Waals surface area contributed by atoms with Gasteiger partial charge in [-0.15, -0.1) is 0 Å². The number of pyridine rings is 1. The summed E-state index contributed by atoms with van der Waals surface area (Å²) in [6.07, 6.45) is 6.27. The third-order valence-corrected chi connectivity index (χ3v) is 6.93. The molecule has 0 atom stereocenters. The van der Waals surface area contributed by atoms with Crippen molar-refractivity contribution in [2.45, 2.75) is 31.7 Å². The molecule has 0 radical (unpaired) electrons. The quantitative estimate of drug-likeness (QED) is 0.520. The van der Waals surface area contributed by atoms with E-state index < -0.39 is 8.80 Å². The topological polar surface area (TPSA) is 40.6 Å². The van der Waals surface area contributed by atoms with E-state index in [-0.39, 0.29) is 0 Å². The monoisotopic (exact) mass is 319 g/mol. The second-order valence-corrected chi connectivity index (χ2v) is 8.43. The van der Waals surface area contributed by atoms with Crippen LogP contribution in [0.4, 0.5) is 0 Å². The minimum Gasteiger partial charge on any atom is -0.377 e. The first-order chi connectivity index (χ1) is 10.7. The van der Waals surface area contributed by atoms with E-state index in [1.807, 2.05) is 12.3 Å². The molecule has 1 aromatic heterocycles. The van der Waals surface area contributed by atoms with Crippen molar-refractivity contribution in [3.8, 4) is 0 Å². The maximum Gasteiger partial charge on any atom is 0.500 e. The molecule has 2 aromatic rings. The molecular formula is C17H25NO3Si. The maximum absolute atomic E-state index is 5.44. The van der Waals surface area contributed by atoms with Gasteiger partial charge in [-0.25, -0.2) is 0 Å². The van der Waals surface area contributed by atoms with Gasteiger partial charge in [-0.05, 0) is 37.0 Å². The van der Waals surface area contributed by atoms with Gasteiger partial charge >= 0.3 is 8.80 Å². The first-order valence-corrected chi connectivity index (χ1v) is 9.66. The molecule has 0 aliphatic rings. The zero-order chi connectivity index (χ0) is 15.8. The third kappa shape index (κ3) is 4.13. The van der Waals surface area contributed by atoms with Crippen LogP contribution in [0.25, 0.3) is 10.9 Å². The van der Waals surface area contributed by atoms with Crippen LogP contribution in [0.2, 0.25) is 6.04 Å². The van der Waals surface area contributed by atoms with Gasteiger partial charge in [-0.1, -0.05) is 24.6 Å². The van der Waals surface area contributed by atoms with Gasteiger partial charge in [-0.2, -0.15) is 0 Å². The van der Waals surface area contributed by atoms with E-state index in [9.17, 15) is 0 Å². The summed E-state index contributed by atoms with van der Waals surface area (Å²) in [5, 5.41) is 1.26. The van der Waals surface area contributed by atoms with Crippen LogP contribution in [-0.4, -0.2) is 35.1 Å². The molecule has 1 aromatic carbocycles. The Balaban J connectivity index is 1.84. The highest BCUT2D eigenvalue weighted by Gasteiger charge is 2.36. The Kier molecular flexibility index (Phi) is 6.51. The van der Waals surface area contributed by atoms with Crippen molar-refractivity contribution in [3.05, 3.63) is 42.1 Å². The molecular weight excluding hydrogens is 294 g/mol.